The molecular weight excluding hydrogens is 226 g/mol. The molecule has 5 nitrogen and oxygen atoms in total. The summed E-state index contributed by atoms with van der Waals surface area (Å²) in [6.45, 7) is 3.56. The Morgan fingerprint density at radius 1 is 1.62 bits per heavy atom. The fraction of sp³-hybridized carbons (Fsp3) is 0.700. The zero-order valence-electron chi connectivity index (χ0n) is 9.39. The second kappa shape index (κ2) is 4.55. The van der Waals surface area contributed by atoms with Gasteiger partial charge in [0.1, 0.15) is 0 Å². The van der Waals surface area contributed by atoms with E-state index < -0.39 is 9.84 Å². The summed E-state index contributed by atoms with van der Waals surface area (Å²) >= 11 is 0. The molecule has 1 aliphatic heterocycles. The fourth-order valence-electron chi connectivity index (χ4n) is 1.96. The number of aryl methyl sites for hydroxylation is 1. The van der Waals surface area contributed by atoms with Gasteiger partial charge in [-0.05, 0) is 19.4 Å². The molecule has 0 amide bonds. The Balaban J connectivity index is 1.75. The van der Waals surface area contributed by atoms with Crippen molar-refractivity contribution in [2.75, 3.05) is 18.1 Å². The van der Waals surface area contributed by atoms with Gasteiger partial charge >= 0.3 is 0 Å². The van der Waals surface area contributed by atoms with E-state index in [1.54, 1.807) is 6.20 Å². The predicted molar refractivity (Wildman–Crippen MR) is 62.0 cm³/mol. The van der Waals surface area contributed by atoms with Crippen molar-refractivity contribution in [2.45, 2.75) is 25.9 Å². The topological polar surface area (TPSA) is 64.0 Å². The first-order valence-corrected chi connectivity index (χ1v) is 7.31. The van der Waals surface area contributed by atoms with Crippen molar-refractivity contribution in [1.82, 2.24) is 15.1 Å². The smallest absolute Gasteiger partial charge is 0.151 e. The number of sulfone groups is 1. The van der Waals surface area contributed by atoms with Gasteiger partial charge in [-0.1, -0.05) is 0 Å². The molecule has 1 unspecified atom stereocenters. The van der Waals surface area contributed by atoms with E-state index in [9.17, 15) is 8.42 Å². The maximum atomic E-state index is 11.2. The molecule has 0 saturated carbocycles. The Morgan fingerprint density at radius 3 is 3.00 bits per heavy atom. The monoisotopic (exact) mass is 243 g/mol. The quantitative estimate of drug-likeness (QED) is 0.806. The summed E-state index contributed by atoms with van der Waals surface area (Å²) in [6, 6.07) is 2.08. The second-order valence-corrected chi connectivity index (χ2v) is 6.48. The molecule has 0 bridgehead atoms. The standard InChI is InChI=1S/C10H17N3O2S/c1-9-2-4-12-13(9)6-5-11-10-3-7-16(14,15)8-10/h2,4,10-11H,3,5-8H2,1H3. The van der Waals surface area contributed by atoms with Crippen LogP contribution in [0, 0.1) is 6.92 Å². The highest BCUT2D eigenvalue weighted by Crippen LogP contribution is 2.10. The van der Waals surface area contributed by atoms with Crippen LogP contribution < -0.4 is 5.32 Å². The summed E-state index contributed by atoms with van der Waals surface area (Å²) in [5, 5.41) is 7.43. The van der Waals surface area contributed by atoms with Gasteiger partial charge in [0.05, 0.1) is 18.1 Å². The highest BCUT2D eigenvalue weighted by atomic mass is 32.2. The Hall–Kier alpha value is -0.880. The van der Waals surface area contributed by atoms with E-state index in [-0.39, 0.29) is 11.8 Å². The molecule has 1 aromatic heterocycles. The predicted octanol–water partition coefficient (Wildman–Crippen LogP) is -0.0318. The van der Waals surface area contributed by atoms with Gasteiger partial charge in [0, 0.05) is 24.5 Å². The van der Waals surface area contributed by atoms with Crippen LogP contribution in [-0.2, 0) is 16.4 Å². The van der Waals surface area contributed by atoms with E-state index >= 15 is 0 Å². The number of hydrogen-bond donors (Lipinski definition) is 1. The molecule has 0 radical (unpaired) electrons. The Labute approximate surface area is 95.8 Å². The molecule has 1 saturated heterocycles. The normalized spacial score (nSPS) is 23.7. The van der Waals surface area contributed by atoms with Gasteiger partial charge in [0.15, 0.2) is 9.84 Å². The zero-order chi connectivity index (χ0) is 11.6. The molecule has 0 aliphatic carbocycles. The number of rotatable bonds is 4. The van der Waals surface area contributed by atoms with E-state index in [1.807, 2.05) is 17.7 Å². The summed E-state index contributed by atoms with van der Waals surface area (Å²) in [5.74, 6) is 0.608. The summed E-state index contributed by atoms with van der Waals surface area (Å²) in [5.41, 5.74) is 1.13. The Kier molecular flexibility index (Phi) is 3.30. The third kappa shape index (κ3) is 2.82. The van der Waals surface area contributed by atoms with Gasteiger partial charge in [-0.3, -0.25) is 4.68 Å². The van der Waals surface area contributed by atoms with E-state index in [1.165, 1.54) is 0 Å². The molecule has 1 aliphatic rings. The lowest BCUT2D eigenvalue weighted by molar-refractivity contribution is 0.494. The third-order valence-corrected chi connectivity index (χ3v) is 4.69. The first-order valence-electron chi connectivity index (χ1n) is 5.49. The van der Waals surface area contributed by atoms with Crippen LogP contribution in [0.2, 0.25) is 0 Å². The third-order valence-electron chi connectivity index (χ3n) is 2.92. The maximum Gasteiger partial charge on any atom is 0.151 e. The molecule has 1 N–H and O–H groups in total. The van der Waals surface area contributed by atoms with Crippen molar-refractivity contribution >= 4 is 9.84 Å². The average molecular weight is 243 g/mol. The van der Waals surface area contributed by atoms with Crippen molar-refractivity contribution in [1.29, 1.82) is 0 Å². The maximum absolute atomic E-state index is 11.2. The summed E-state index contributed by atoms with van der Waals surface area (Å²) in [7, 11) is -2.77. The fourth-order valence-corrected chi connectivity index (χ4v) is 3.67. The highest BCUT2D eigenvalue weighted by molar-refractivity contribution is 7.91. The van der Waals surface area contributed by atoms with Gasteiger partial charge in [0.25, 0.3) is 0 Å². The van der Waals surface area contributed by atoms with Crippen LogP contribution in [0.5, 0.6) is 0 Å². The number of nitrogens with one attached hydrogen (secondary N) is 1. The molecule has 1 fully saturated rings. The van der Waals surface area contributed by atoms with Crippen LogP contribution >= 0.6 is 0 Å². The van der Waals surface area contributed by atoms with Crippen molar-refractivity contribution in [3.8, 4) is 0 Å². The number of aromatic nitrogens is 2. The first-order chi connectivity index (χ1) is 7.57. The minimum Gasteiger partial charge on any atom is -0.311 e. The summed E-state index contributed by atoms with van der Waals surface area (Å²) in [4.78, 5) is 0. The molecule has 16 heavy (non-hydrogen) atoms. The molecule has 2 heterocycles. The zero-order valence-corrected chi connectivity index (χ0v) is 10.2. The van der Waals surface area contributed by atoms with E-state index in [0.29, 0.717) is 5.75 Å². The van der Waals surface area contributed by atoms with Gasteiger partial charge in [-0.2, -0.15) is 5.10 Å². The molecule has 6 heteroatoms. The molecule has 1 atom stereocenters. The molecule has 0 spiro atoms. The van der Waals surface area contributed by atoms with E-state index in [2.05, 4.69) is 10.4 Å². The van der Waals surface area contributed by atoms with Crippen molar-refractivity contribution < 1.29 is 8.42 Å². The van der Waals surface area contributed by atoms with Crippen LogP contribution in [0.15, 0.2) is 12.3 Å². The first kappa shape index (κ1) is 11.6. The summed E-state index contributed by atoms with van der Waals surface area (Å²) in [6.07, 6.45) is 2.51. The van der Waals surface area contributed by atoms with Crippen LogP contribution in [0.3, 0.4) is 0 Å². The molecule has 90 valence electrons. The lowest BCUT2D eigenvalue weighted by Gasteiger charge is -2.11. The van der Waals surface area contributed by atoms with Gasteiger partial charge in [-0.15, -0.1) is 0 Å². The van der Waals surface area contributed by atoms with E-state index in [4.69, 9.17) is 0 Å². The van der Waals surface area contributed by atoms with Gasteiger partial charge < -0.3 is 5.32 Å². The van der Waals surface area contributed by atoms with Crippen molar-refractivity contribution in [2.24, 2.45) is 0 Å². The lowest BCUT2D eigenvalue weighted by atomic mass is 10.2. The van der Waals surface area contributed by atoms with Crippen LogP contribution in [0.25, 0.3) is 0 Å². The second-order valence-electron chi connectivity index (χ2n) is 4.25. The lowest BCUT2D eigenvalue weighted by Crippen LogP contribution is -2.33. The molecular formula is C10H17N3O2S. The minimum absolute atomic E-state index is 0.126. The summed E-state index contributed by atoms with van der Waals surface area (Å²) < 4.78 is 24.4. The van der Waals surface area contributed by atoms with Gasteiger partial charge in [-0.25, -0.2) is 8.42 Å². The number of hydrogen-bond acceptors (Lipinski definition) is 4. The van der Waals surface area contributed by atoms with Crippen molar-refractivity contribution in [3.05, 3.63) is 18.0 Å². The average Bonchev–Trinajstić information content (AvgIpc) is 2.74. The van der Waals surface area contributed by atoms with Crippen LogP contribution in [0.4, 0.5) is 0 Å². The SMILES string of the molecule is Cc1ccnn1CCNC1CCS(=O)(=O)C1. The van der Waals surface area contributed by atoms with Crippen molar-refractivity contribution in [3.63, 3.8) is 0 Å². The highest BCUT2D eigenvalue weighted by Gasteiger charge is 2.26. The van der Waals surface area contributed by atoms with Crippen LogP contribution in [0.1, 0.15) is 12.1 Å². The largest absolute Gasteiger partial charge is 0.311 e. The number of nitrogens with zero attached hydrogens (tertiary/aromatic N) is 2. The van der Waals surface area contributed by atoms with Crippen LogP contribution in [-0.4, -0.2) is 42.3 Å². The van der Waals surface area contributed by atoms with E-state index in [0.717, 1.165) is 25.2 Å². The Bertz CT molecular complexity index is 452. The molecule has 2 rings (SSSR count). The minimum atomic E-state index is -2.77. The Morgan fingerprint density at radius 2 is 2.44 bits per heavy atom. The molecule has 1 aromatic rings. The molecule has 0 aromatic carbocycles. The van der Waals surface area contributed by atoms with Gasteiger partial charge in [0.2, 0.25) is 0 Å².